The average molecular weight is 165 g/mol. The van der Waals surface area contributed by atoms with Crippen LogP contribution in [0.1, 0.15) is 0 Å². The summed E-state index contributed by atoms with van der Waals surface area (Å²) >= 11 is 2.87. The van der Waals surface area contributed by atoms with E-state index in [0.717, 1.165) is 0 Å². The first-order valence-electron chi connectivity index (χ1n) is 1.50. The van der Waals surface area contributed by atoms with Gasteiger partial charge in [-0.1, -0.05) is 0 Å². The van der Waals surface area contributed by atoms with Gasteiger partial charge in [-0.2, -0.15) is 0 Å². The van der Waals surface area contributed by atoms with Gasteiger partial charge < -0.3 is 0 Å². The van der Waals surface area contributed by atoms with Crippen molar-refractivity contribution in [1.29, 1.82) is 0 Å². The molecule has 0 unspecified atom stereocenters. The van der Waals surface area contributed by atoms with E-state index in [1.807, 2.05) is 0 Å². The molecule has 0 atom stereocenters. The van der Waals surface area contributed by atoms with Gasteiger partial charge in [0.25, 0.3) is 0 Å². The zero-order valence-corrected chi connectivity index (χ0v) is 4.73. The highest BCUT2D eigenvalue weighted by molar-refractivity contribution is 9.10. The number of rotatable bonds is 0. The first-order valence-corrected chi connectivity index (χ1v) is 2.30. The van der Waals surface area contributed by atoms with Crippen LogP contribution >= 0.6 is 15.9 Å². The van der Waals surface area contributed by atoms with Crippen molar-refractivity contribution in [2.45, 2.75) is 0 Å². The van der Waals surface area contributed by atoms with E-state index in [-0.39, 0.29) is 0 Å². The fraction of sp³-hybridized carbons (Fsp3) is 0. The quantitative estimate of drug-likeness (QED) is 0.594. The van der Waals surface area contributed by atoms with Crippen LogP contribution in [0.4, 0.5) is 0 Å². The summed E-state index contributed by atoms with van der Waals surface area (Å²) in [6.45, 7) is 0. The van der Waals surface area contributed by atoms with E-state index in [2.05, 4.69) is 30.6 Å². The lowest BCUT2D eigenvalue weighted by Gasteiger charge is -1.59. The molecule has 4 nitrogen and oxygen atoms in total. The summed E-state index contributed by atoms with van der Waals surface area (Å²) in [7, 11) is 0. The van der Waals surface area contributed by atoms with Gasteiger partial charge in [-0.3, -0.25) is 9.51 Å². The largest absolute Gasteiger partial charge is 0.439 e. The summed E-state index contributed by atoms with van der Waals surface area (Å²) < 4.78 is 4.37. The van der Waals surface area contributed by atoms with Crippen LogP contribution < -0.4 is 5.76 Å². The number of H-pyrrole nitrogens is 1. The summed E-state index contributed by atoms with van der Waals surface area (Å²) in [4.78, 5) is 12.2. The van der Waals surface area contributed by atoms with Crippen LogP contribution in [-0.2, 0) is 0 Å². The smallest absolute Gasteiger partial charge is 0.295 e. The number of halogens is 1. The van der Waals surface area contributed by atoms with Gasteiger partial charge in [0.05, 0.1) is 0 Å². The first kappa shape index (κ1) is 4.58. The Morgan fingerprint density at radius 3 is 2.71 bits per heavy atom. The first-order chi connectivity index (χ1) is 3.29. The molecule has 1 heterocycles. The molecule has 1 N–H and O–H groups in total. The molecular formula is C2HBrN2O2. The molecule has 0 aliphatic rings. The van der Waals surface area contributed by atoms with Gasteiger partial charge in [0.2, 0.25) is 4.73 Å². The van der Waals surface area contributed by atoms with E-state index < -0.39 is 5.76 Å². The zero-order valence-electron chi connectivity index (χ0n) is 3.14. The average Bonchev–Trinajstić information content (AvgIpc) is 1.87. The van der Waals surface area contributed by atoms with Crippen LogP contribution in [0.25, 0.3) is 0 Å². The third-order valence-corrected chi connectivity index (χ3v) is 0.757. The number of hydrogen-bond acceptors (Lipinski definition) is 3. The monoisotopic (exact) mass is 164 g/mol. The molecule has 0 saturated heterocycles. The van der Waals surface area contributed by atoms with E-state index in [4.69, 9.17) is 0 Å². The fourth-order valence-electron chi connectivity index (χ4n) is 0.211. The van der Waals surface area contributed by atoms with E-state index in [0.29, 0.717) is 4.73 Å². The molecule has 0 aliphatic carbocycles. The Hall–Kier alpha value is -0.580. The number of aromatic amines is 1. The second kappa shape index (κ2) is 1.49. The molecule has 38 valence electrons. The van der Waals surface area contributed by atoms with Crippen molar-refractivity contribution in [1.82, 2.24) is 10.1 Å². The van der Waals surface area contributed by atoms with Crippen LogP contribution in [0.15, 0.2) is 14.1 Å². The summed E-state index contributed by atoms with van der Waals surface area (Å²) in [5.41, 5.74) is 0. The molecule has 0 aromatic carbocycles. The van der Waals surface area contributed by atoms with Crippen molar-refractivity contribution in [3.8, 4) is 0 Å². The topological polar surface area (TPSA) is 58.9 Å². The molecule has 1 aromatic heterocycles. The predicted molar refractivity (Wildman–Crippen MR) is 24.8 cm³/mol. The Morgan fingerprint density at radius 1 is 1.86 bits per heavy atom. The van der Waals surface area contributed by atoms with Crippen LogP contribution in [0, 0.1) is 0 Å². The highest BCUT2D eigenvalue weighted by Gasteiger charge is 1.88. The fourth-order valence-corrected chi connectivity index (χ4v) is 0.446. The van der Waals surface area contributed by atoms with E-state index >= 15 is 0 Å². The standard InChI is InChI=1S/C2HBrN2O2/c3-1-4-2(6)7-5-1/h(H,4,5,6). The Kier molecular flexibility index (Phi) is 0.976. The summed E-state index contributed by atoms with van der Waals surface area (Å²) in [6.07, 6.45) is 0. The van der Waals surface area contributed by atoms with Crippen LogP contribution in [0.3, 0.4) is 0 Å². The second-order valence-corrected chi connectivity index (χ2v) is 1.64. The lowest BCUT2D eigenvalue weighted by Crippen LogP contribution is -1.93. The lowest BCUT2D eigenvalue weighted by molar-refractivity contribution is 0.383. The normalized spacial score (nSPS) is 9.29. The molecule has 0 fully saturated rings. The van der Waals surface area contributed by atoms with Gasteiger partial charge >= 0.3 is 5.76 Å². The minimum absolute atomic E-state index is 0.317. The van der Waals surface area contributed by atoms with Crippen LogP contribution in [0.5, 0.6) is 0 Å². The van der Waals surface area contributed by atoms with Gasteiger partial charge in [0.15, 0.2) is 0 Å². The third-order valence-electron chi connectivity index (χ3n) is 0.414. The van der Waals surface area contributed by atoms with Gasteiger partial charge in [-0.05, 0) is 21.1 Å². The maximum Gasteiger partial charge on any atom is 0.439 e. The molecule has 1 rings (SSSR count). The zero-order chi connectivity index (χ0) is 5.28. The molecule has 7 heavy (non-hydrogen) atoms. The Balaban J connectivity index is 3.30. The summed E-state index contributed by atoms with van der Waals surface area (Å²) in [5.74, 6) is -0.549. The highest BCUT2D eigenvalue weighted by atomic mass is 79.9. The van der Waals surface area contributed by atoms with Crippen LogP contribution in [0.2, 0.25) is 0 Å². The van der Waals surface area contributed by atoms with Gasteiger partial charge in [-0.15, -0.1) is 0 Å². The molecule has 0 bridgehead atoms. The number of aromatic nitrogens is 2. The molecule has 0 amide bonds. The number of nitrogens with zero attached hydrogens (tertiary/aromatic N) is 1. The molecule has 0 spiro atoms. The summed E-state index contributed by atoms with van der Waals surface area (Å²) in [6, 6.07) is 0. The Bertz CT molecular complexity index is 201. The highest BCUT2D eigenvalue weighted by Crippen LogP contribution is 1.92. The second-order valence-electron chi connectivity index (χ2n) is 0.886. The minimum atomic E-state index is -0.549. The van der Waals surface area contributed by atoms with E-state index in [1.165, 1.54) is 0 Å². The number of nitrogens with one attached hydrogen (secondary N) is 1. The minimum Gasteiger partial charge on any atom is -0.295 e. The maximum absolute atomic E-state index is 9.98. The van der Waals surface area contributed by atoms with E-state index in [1.54, 1.807) is 0 Å². The van der Waals surface area contributed by atoms with Crippen molar-refractivity contribution in [3.05, 3.63) is 15.3 Å². The van der Waals surface area contributed by atoms with Gasteiger partial charge in [-0.25, -0.2) is 4.79 Å². The molecule has 0 aliphatic heterocycles. The molecule has 0 saturated carbocycles. The third kappa shape index (κ3) is 0.894. The van der Waals surface area contributed by atoms with E-state index in [9.17, 15) is 4.79 Å². The Labute approximate surface area is 46.6 Å². The van der Waals surface area contributed by atoms with Crippen molar-refractivity contribution in [3.63, 3.8) is 0 Å². The predicted octanol–water partition coefficient (Wildman–Crippen LogP) is 0.125. The SMILES string of the molecule is O=c1[nH]c(Br)no1. The lowest BCUT2D eigenvalue weighted by atomic mass is 11.3. The molecule has 5 heteroatoms. The van der Waals surface area contributed by atoms with Crippen molar-refractivity contribution >= 4 is 15.9 Å². The number of hydrogen-bond donors (Lipinski definition) is 1. The Morgan fingerprint density at radius 2 is 2.57 bits per heavy atom. The maximum atomic E-state index is 9.98. The summed E-state index contributed by atoms with van der Waals surface area (Å²) in [5, 5.41) is 3.19. The van der Waals surface area contributed by atoms with Crippen molar-refractivity contribution in [2.24, 2.45) is 0 Å². The van der Waals surface area contributed by atoms with Gasteiger partial charge in [0.1, 0.15) is 0 Å². The molecular weight excluding hydrogens is 164 g/mol. The molecule has 0 radical (unpaired) electrons. The van der Waals surface area contributed by atoms with Crippen LogP contribution in [-0.4, -0.2) is 10.1 Å². The van der Waals surface area contributed by atoms with Crippen molar-refractivity contribution in [2.75, 3.05) is 0 Å². The van der Waals surface area contributed by atoms with Gasteiger partial charge in [0, 0.05) is 0 Å². The van der Waals surface area contributed by atoms with Crippen molar-refractivity contribution < 1.29 is 4.52 Å². The molecule has 1 aromatic rings.